The van der Waals surface area contributed by atoms with E-state index in [1.807, 2.05) is 49.4 Å². The van der Waals surface area contributed by atoms with Crippen molar-refractivity contribution >= 4 is 22.6 Å². The molecule has 0 saturated carbocycles. The zero-order valence-electron chi connectivity index (χ0n) is 11.4. The van der Waals surface area contributed by atoms with Crippen molar-refractivity contribution in [1.29, 1.82) is 0 Å². The van der Waals surface area contributed by atoms with Crippen molar-refractivity contribution in [3.05, 3.63) is 48.3 Å². The maximum atomic E-state index is 6.31. The van der Waals surface area contributed by atoms with E-state index in [0.717, 1.165) is 34.0 Å². The van der Waals surface area contributed by atoms with Gasteiger partial charge in [-0.15, -0.1) is 11.6 Å². The van der Waals surface area contributed by atoms with Crippen LogP contribution in [0.25, 0.3) is 16.7 Å². The van der Waals surface area contributed by atoms with Gasteiger partial charge in [0.1, 0.15) is 5.82 Å². The van der Waals surface area contributed by atoms with Gasteiger partial charge in [0.25, 0.3) is 0 Å². The van der Waals surface area contributed by atoms with Crippen molar-refractivity contribution < 1.29 is 9.47 Å². The molecule has 3 aromatic rings. The van der Waals surface area contributed by atoms with Crippen LogP contribution in [0.4, 0.5) is 0 Å². The number of hydrogen-bond acceptors (Lipinski definition) is 3. The molecule has 21 heavy (non-hydrogen) atoms. The zero-order valence-corrected chi connectivity index (χ0v) is 12.2. The van der Waals surface area contributed by atoms with E-state index in [0.29, 0.717) is 0 Å². The highest BCUT2D eigenvalue weighted by atomic mass is 35.5. The normalized spacial score (nSPS) is 14.6. The average molecular weight is 301 g/mol. The van der Waals surface area contributed by atoms with Crippen LogP contribution in [-0.2, 0) is 0 Å². The van der Waals surface area contributed by atoms with E-state index in [4.69, 9.17) is 21.1 Å². The number of nitrogens with zero attached hydrogens (tertiary/aromatic N) is 2. The molecule has 5 heteroatoms. The summed E-state index contributed by atoms with van der Waals surface area (Å²) < 4.78 is 12.9. The Balaban J connectivity index is 1.98. The van der Waals surface area contributed by atoms with Crippen LogP contribution < -0.4 is 9.47 Å². The largest absolute Gasteiger partial charge is 0.454 e. The summed E-state index contributed by atoms with van der Waals surface area (Å²) in [7, 11) is 0. The van der Waals surface area contributed by atoms with Gasteiger partial charge in [0.15, 0.2) is 11.5 Å². The first kappa shape index (κ1) is 12.5. The van der Waals surface area contributed by atoms with Gasteiger partial charge in [-0.1, -0.05) is 12.1 Å². The van der Waals surface area contributed by atoms with E-state index in [-0.39, 0.29) is 12.2 Å². The maximum absolute atomic E-state index is 6.31. The molecule has 0 N–H and O–H groups in total. The monoisotopic (exact) mass is 300 g/mol. The molecule has 0 aliphatic carbocycles. The highest BCUT2D eigenvalue weighted by molar-refractivity contribution is 6.20. The second kappa shape index (κ2) is 4.67. The van der Waals surface area contributed by atoms with E-state index in [9.17, 15) is 0 Å². The first-order chi connectivity index (χ1) is 10.2. The van der Waals surface area contributed by atoms with Gasteiger partial charge in [0.2, 0.25) is 6.79 Å². The third-order valence-corrected chi connectivity index (χ3v) is 3.75. The second-order valence-corrected chi connectivity index (χ2v) is 5.60. The summed E-state index contributed by atoms with van der Waals surface area (Å²) >= 11 is 6.31. The van der Waals surface area contributed by atoms with E-state index in [2.05, 4.69) is 9.55 Å². The van der Waals surface area contributed by atoms with Gasteiger partial charge in [-0.25, -0.2) is 4.98 Å². The van der Waals surface area contributed by atoms with Crippen LogP contribution in [0.15, 0.2) is 42.5 Å². The zero-order chi connectivity index (χ0) is 14.4. The topological polar surface area (TPSA) is 36.3 Å². The summed E-state index contributed by atoms with van der Waals surface area (Å²) in [6.07, 6.45) is 0. The number of benzene rings is 2. The molecule has 0 spiro atoms. The van der Waals surface area contributed by atoms with E-state index in [1.165, 1.54) is 0 Å². The van der Waals surface area contributed by atoms with Crippen molar-refractivity contribution in [1.82, 2.24) is 9.55 Å². The van der Waals surface area contributed by atoms with Gasteiger partial charge >= 0.3 is 0 Å². The van der Waals surface area contributed by atoms with Crippen molar-refractivity contribution in [3.63, 3.8) is 0 Å². The number of para-hydroxylation sites is 2. The molecule has 1 unspecified atom stereocenters. The van der Waals surface area contributed by atoms with Crippen LogP contribution in [0.1, 0.15) is 18.1 Å². The Kier molecular flexibility index (Phi) is 2.79. The minimum absolute atomic E-state index is 0.192. The molecule has 0 bridgehead atoms. The van der Waals surface area contributed by atoms with Crippen LogP contribution in [0.2, 0.25) is 0 Å². The molecule has 2 heterocycles. The number of alkyl halides is 1. The lowest BCUT2D eigenvalue weighted by molar-refractivity contribution is 0.174. The quantitative estimate of drug-likeness (QED) is 0.670. The lowest BCUT2D eigenvalue weighted by Gasteiger charge is -2.11. The number of rotatable bonds is 2. The summed E-state index contributed by atoms with van der Waals surface area (Å²) in [5.41, 5.74) is 2.92. The standard InChI is InChI=1S/C16H13ClN2O2/c1-10(17)16-18-12-4-2-3-5-13(12)19(16)11-6-7-14-15(8-11)21-9-20-14/h2-8,10H,9H2,1H3. The molecular formula is C16H13ClN2O2. The van der Waals surface area contributed by atoms with Gasteiger partial charge < -0.3 is 9.47 Å². The van der Waals surface area contributed by atoms with Crippen molar-refractivity contribution in [2.75, 3.05) is 6.79 Å². The number of aromatic nitrogens is 2. The first-order valence-electron chi connectivity index (χ1n) is 6.75. The van der Waals surface area contributed by atoms with Crippen LogP contribution in [0, 0.1) is 0 Å². The molecule has 1 aliphatic rings. The Morgan fingerprint density at radius 1 is 1.14 bits per heavy atom. The molecule has 0 saturated heterocycles. The van der Waals surface area contributed by atoms with Crippen LogP contribution in [-0.4, -0.2) is 16.3 Å². The SMILES string of the molecule is CC(Cl)c1nc2ccccc2n1-c1ccc2c(c1)OCO2. The molecular weight excluding hydrogens is 288 g/mol. The molecule has 2 aromatic carbocycles. The number of ether oxygens (including phenoxy) is 2. The highest BCUT2D eigenvalue weighted by Crippen LogP contribution is 2.36. The molecule has 1 aliphatic heterocycles. The van der Waals surface area contributed by atoms with Crippen LogP contribution in [0.5, 0.6) is 11.5 Å². The van der Waals surface area contributed by atoms with Gasteiger partial charge in [-0.05, 0) is 31.2 Å². The molecule has 1 atom stereocenters. The van der Waals surface area contributed by atoms with Gasteiger partial charge in [-0.3, -0.25) is 4.57 Å². The predicted octanol–water partition coefficient (Wildman–Crippen LogP) is 4.05. The summed E-state index contributed by atoms with van der Waals surface area (Å²) in [5.74, 6) is 2.33. The van der Waals surface area contributed by atoms with Crippen molar-refractivity contribution in [3.8, 4) is 17.2 Å². The Labute approximate surface area is 126 Å². The molecule has 4 rings (SSSR count). The van der Waals surface area contributed by atoms with Gasteiger partial charge in [0.05, 0.1) is 22.1 Å². The minimum atomic E-state index is -0.192. The average Bonchev–Trinajstić information content (AvgIpc) is 3.10. The maximum Gasteiger partial charge on any atom is 0.231 e. The summed E-state index contributed by atoms with van der Waals surface area (Å²) in [6, 6.07) is 13.9. The fourth-order valence-electron chi connectivity index (χ4n) is 2.61. The Morgan fingerprint density at radius 3 is 2.81 bits per heavy atom. The molecule has 0 radical (unpaired) electrons. The second-order valence-electron chi connectivity index (χ2n) is 4.95. The molecule has 4 nitrogen and oxygen atoms in total. The molecule has 106 valence electrons. The van der Waals surface area contributed by atoms with Crippen LogP contribution in [0.3, 0.4) is 0 Å². The van der Waals surface area contributed by atoms with E-state index >= 15 is 0 Å². The van der Waals surface area contributed by atoms with Crippen molar-refractivity contribution in [2.24, 2.45) is 0 Å². The summed E-state index contributed by atoms with van der Waals surface area (Å²) in [5, 5.41) is -0.192. The van der Waals surface area contributed by atoms with E-state index in [1.54, 1.807) is 0 Å². The lowest BCUT2D eigenvalue weighted by atomic mass is 10.2. The number of imidazole rings is 1. The minimum Gasteiger partial charge on any atom is -0.454 e. The summed E-state index contributed by atoms with van der Waals surface area (Å²) in [4.78, 5) is 4.64. The fraction of sp³-hybridized carbons (Fsp3) is 0.188. The lowest BCUT2D eigenvalue weighted by Crippen LogP contribution is -2.01. The highest BCUT2D eigenvalue weighted by Gasteiger charge is 2.19. The Bertz CT molecular complexity index is 826. The Morgan fingerprint density at radius 2 is 1.95 bits per heavy atom. The van der Waals surface area contributed by atoms with Gasteiger partial charge in [0, 0.05) is 6.07 Å². The summed E-state index contributed by atoms with van der Waals surface area (Å²) in [6.45, 7) is 2.19. The van der Waals surface area contributed by atoms with Crippen LogP contribution >= 0.6 is 11.6 Å². The number of fused-ring (bicyclic) bond motifs is 2. The molecule has 1 aromatic heterocycles. The number of hydrogen-bond donors (Lipinski definition) is 0. The Hall–Kier alpha value is -2.20. The smallest absolute Gasteiger partial charge is 0.231 e. The van der Waals surface area contributed by atoms with Gasteiger partial charge in [-0.2, -0.15) is 0 Å². The number of halogens is 1. The third kappa shape index (κ3) is 1.94. The fourth-order valence-corrected chi connectivity index (χ4v) is 2.75. The predicted molar refractivity (Wildman–Crippen MR) is 81.5 cm³/mol. The molecule has 0 fully saturated rings. The van der Waals surface area contributed by atoms with E-state index < -0.39 is 0 Å². The third-order valence-electron chi connectivity index (χ3n) is 3.56. The van der Waals surface area contributed by atoms with Crippen molar-refractivity contribution in [2.45, 2.75) is 12.3 Å². The molecule has 0 amide bonds. The first-order valence-corrected chi connectivity index (χ1v) is 7.19.